The Labute approximate surface area is 142 Å². The third-order valence-electron chi connectivity index (χ3n) is 5.63. The standard InChI is InChI=1S/C20H26N2O2/c1-13-8-14(2)20-17(9-13)16(10-19(23)24-20)12-22-7-5-18-15(11-22)4-3-6-21-18/h8-10,15,18,21H,3-7,11-12H2,1-2H3/t15-,18+/m1/s1. The fourth-order valence-corrected chi connectivity index (χ4v) is 4.51. The SMILES string of the molecule is Cc1cc(C)c2oc(=O)cc(CN3CC[C@@H]4NCCC[C@@H]4C3)c2c1. The molecule has 24 heavy (non-hydrogen) atoms. The largest absolute Gasteiger partial charge is 0.422 e. The molecule has 0 saturated carbocycles. The predicted octanol–water partition coefficient (Wildman–Crippen LogP) is 2.98. The van der Waals surface area contributed by atoms with Gasteiger partial charge in [0.2, 0.25) is 0 Å². The van der Waals surface area contributed by atoms with Gasteiger partial charge in [0.05, 0.1) is 0 Å². The molecule has 3 heterocycles. The van der Waals surface area contributed by atoms with Crippen molar-refractivity contribution in [2.45, 2.75) is 45.7 Å². The summed E-state index contributed by atoms with van der Waals surface area (Å²) in [4.78, 5) is 14.5. The van der Waals surface area contributed by atoms with Crippen molar-refractivity contribution >= 4 is 11.0 Å². The maximum atomic E-state index is 12.0. The van der Waals surface area contributed by atoms with E-state index >= 15 is 0 Å². The summed E-state index contributed by atoms with van der Waals surface area (Å²) in [6, 6.07) is 6.60. The molecule has 0 bridgehead atoms. The van der Waals surface area contributed by atoms with Gasteiger partial charge in [-0.1, -0.05) is 6.07 Å². The first-order valence-corrected chi connectivity index (χ1v) is 9.10. The molecular weight excluding hydrogens is 300 g/mol. The van der Waals surface area contributed by atoms with Crippen LogP contribution < -0.4 is 10.9 Å². The highest BCUT2D eigenvalue weighted by Gasteiger charge is 2.31. The monoisotopic (exact) mass is 326 g/mol. The number of fused-ring (bicyclic) bond motifs is 2. The first-order valence-electron chi connectivity index (χ1n) is 9.10. The van der Waals surface area contributed by atoms with Crippen LogP contribution in [0.3, 0.4) is 0 Å². The summed E-state index contributed by atoms with van der Waals surface area (Å²) in [7, 11) is 0. The van der Waals surface area contributed by atoms with Crippen LogP contribution in [0.5, 0.6) is 0 Å². The molecule has 2 saturated heterocycles. The molecule has 4 heteroatoms. The smallest absolute Gasteiger partial charge is 0.336 e. The maximum Gasteiger partial charge on any atom is 0.336 e. The van der Waals surface area contributed by atoms with Crippen LogP contribution in [0.4, 0.5) is 0 Å². The molecule has 1 N–H and O–H groups in total. The normalized spacial score (nSPS) is 24.9. The molecule has 2 aliphatic rings. The lowest BCUT2D eigenvalue weighted by molar-refractivity contribution is 0.109. The van der Waals surface area contributed by atoms with Gasteiger partial charge in [-0.3, -0.25) is 4.90 Å². The van der Waals surface area contributed by atoms with Crippen molar-refractivity contribution in [2.75, 3.05) is 19.6 Å². The Morgan fingerprint density at radius 3 is 3.00 bits per heavy atom. The lowest BCUT2D eigenvalue weighted by Gasteiger charge is -2.41. The van der Waals surface area contributed by atoms with Crippen LogP contribution in [0.2, 0.25) is 0 Å². The molecular formula is C20H26N2O2. The fraction of sp³-hybridized carbons (Fsp3) is 0.550. The minimum atomic E-state index is -0.237. The summed E-state index contributed by atoms with van der Waals surface area (Å²) >= 11 is 0. The molecule has 0 amide bonds. The summed E-state index contributed by atoms with van der Waals surface area (Å²) in [5.74, 6) is 0.752. The minimum absolute atomic E-state index is 0.237. The van der Waals surface area contributed by atoms with Crippen molar-refractivity contribution in [3.8, 4) is 0 Å². The molecule has 128 valence electrons. The third kappa shape index (κ3) is 3.01. The molecule has 0 aliphatic carbocycles. The molecule has 4 nitrogen and oxygen atoms in total. The Balaban J connectivity index is 1.63. The van der Waals surface area contributed by atoms with E-state index in [-0.39, 0.29) is 5.63 Å². The van der Waals surface area contributed by atoms with Gasteiger partial charge < -0.3 is 9.73 Å². The van der Waals surface area contributed by atoms with Crippen LogP contribution in [0.15, 0.2) is 27.4 Å². The van der Waals surface area contributed by atoms with Gasteiger partial charge in [0.25, 0.3) is 0 Å². The van der Waals surface area contributed by atoms with E-state index in [0.29, 0.717) is 6.04 Å². The molecule has 4 rings (SSSR count). The average molecular weight is 326 g/mol. The number of rotatable bonds is 2. The van der Waals surface area contributed by atoms with Crippen molar-refractivity contribution in [3.05, 3.63) is 45.3 Å². The van der Waals surface area contributed by atoms with Crippen LogP contribution in [-0.2, 0) is 6.54 Å². The zero-order valence-corrected chi connectivity index (χ0v) is 14.6. The van der Waals surface area contributed by atoms with Crippen LogP contribution in [-0.4, -0.2) is 30.6 Å². The number of hydrogen-bond acceptors (Lipinski definition) is 4. The molecule has 1 aromatic heterocycles. The van der Waals surface area contributed by atoms with Gasteiger partial charge in [-0.05, 0) is 74.9 Å². The number of nitrogens with one attached hydrogen (secondary N) is 1. The predicted molar refractivity (Wildman–Crippen MR) is 96.4 cm³/mol. The fourth-order valence-electron chi connectivity index (χ4n) is 4.51. The molecule has 2 atom stereocenters. The van der Waals surface area contributed by atoms with Gasteiger partial charge in [-0.25, -0.2) is 4.79 Å². The van der Waals surface area contributed by atoms with Crippen molar-refractivity contribution in [3.63, 3.8) is 0 Å². The van der Waals surface area contributed by atoms with Gasteiger partial charge in [0.1, 0.15) is 5.58 Å². The summed E-state index contributed by atoms with van der Waals surface area (Å²) < 4.78 is 5.48. The number of aryl methyl sites for hydroxylation is 2. The second-order valence-corrected chi connectivity index (χ2v) is 7.54. The summed E-state index contributed by atoms with van der Waals surface area (Å²) in [6.07, 6.45) is 3.82. The van der Waals surface area contributed by atoms with Crippen molar-refractivity contribution < 1.29 is 4.42 Å². The lowest BCUT2D eigenvalue weighted by Crippen LogP contribution is -2.51. The minimum Gasteiger partial charge on any atom is -0.422 e. The Bertz CT molecular complexity index is 811. The van der Waals surface area contributed by atoms with Crippen molar-refractivity contribution in [2.24, 2.45) is 5.92 Å². The van der Waals surface area contributed by atoms with Crippen LogP contribution in [0.1, 0.15) is 36.0 Å². The second kappa shape index (κ2) is 6.34. The molecule has 2 aliphatic heterocycles. The van der Waals surface area contributed by atoms with E-state index in [1.54, 1.807) is 6.07 Å². The Morgan fingerprint density at radius 1 is 1.25 bits per heavy atom. The molecule has 2 aromatic rings. The first kappa shape index (κ1) is 15.9. The van der Waals surface area contributed by atoms with Gasteiger partial charge in [-0.15, -0.1) is 0 Å². The third-order valence-corrected chi connectivity index (χ3v) is 5.63. The summed E-state index contributed by atoms with van der Waals surface area (Å²) in [5, 5.41) is 4.76. The Hall–Kier alpha value is -1.65. The van der Waals surface area contributed by atoms with Crippen LogP contribution in [0, 0.1) is 19.8 Å². The van der Waals surface area contributed by atoms with E-state index in [4.69, 9.17) is 4.42 Å². The van der Waals surface area contributed by atoms with Crippen LogP contribution >= 0.6 is 0 Å². The molecule has 0 radical (unpaired) electrons. The number of hydrogen-bond donors (Lipinski definition) is 1. The Morgan fingerprint density at radius 2 is 2.12 bits per heavy atom. The maximum absolute atomic E-state index is 12.0. The highest BCUT2D eigenvalue weighted by atomic mass is 16.4. The zero-order chi connectivity index (χ0) is 16.7. The first-order chi connectivity index (χ1) is 11.6. The lowest BCUT2D eigenvalue weighted by atomic mass is 9.85. The number of likely N-dealkylation sites (tertiary alicyclic amines) is 1. The van der Waals surface area contributed by atoms with E-state index in [1.165, 1.54) is 31.4 Å². The number of benzene rings is 1. The van der Waals surface area contributed by atoms with E-state index in [1.807, 2.05) is 6.92 Å². The van der Waals surface area contributed by atoms with Crippen molar-refractivity contribution in [1.29, 1.82) is 0 Å². The van der Waals surface area contributed by atoms with E-state index in [9.17, 15) is 4.79 Å². The van der Waals surface area contributed by atoms with Gasteiger partial charge in [-0.2, -0.15) is 0 Å². The van der Waals surface area contributed by atoms with E-state index in [2.05, 4.69) is 29.3 Å². The highest BCUT2D eigenvalue weighted by molar-refractivity contribution is 5.83. The average Bonchev–Trinajstić information content (AvgIpc) is 2.56. The highest BCUT2D eigenvalue weighted by Crippen LogP contribution is 2.28. The van der Waals surface area contributed by atoms with Gasteiger partial charge >= 0.3 is 5.63 Å². The topological polar surface area (TPSA) is 45.5 Å². The summed E-state index contributed by atoms with van der Waals surface area (Å²) in [5.41, 5.74) is 3.87. The summed E-state index contributed by atoms with van der Waals surface area (Å²) in [6.45, 7) is 8.35. The van der Waals surface area contributed by atoms with Crippen LogP contribution in [0.25, 0.3) is 11.0 Å². The number of nitrogens with zero attached hydrogens (tertiary/aromatic N) is 1. The molecule has 2 fully saturated rings. The molecule has 0 unspecified atom stereocenters. The van der Waals surface area contributed by atoms with E-state index in [0.717, 1.165) is 47.6 Å². The molecule has 1 aromatic carbocycles. The Kier molecular flexibility index (Phi) is 4.19. The van der Waals surface area contributed by atoms with Gasteiger partial charge in [0.15, 0.2) is 0 Å². The van der Waals surface area contributed by atoms with E-state index < -0.39 is 0 Å². The second-order valence-electron chi connectivity index (χ2n) is 7.54. The van der Waals surface area contributed by atoms with Crippen molar-refractivity contribution in [1.82, 2.24) is 10.2 Å². The quantitative estimate of drug-likeness (QED) is 0.862. The number of piperidine rings is 2. The molecule has 0 spiro atoms. The zero-order valence-electron chi connectivity index (χ0n) is 14.6. The van der Waals surface area contributed by atoms with Gasteiger partial charge in [0, 0.05) is 30.6 Å².